The number of hydrogen-bond donors (Lipinski definition) is 1. The van der Waals surface area contributed by atoms with E-state index in [9.17, 15) is 9.90 Å². The average molecular weight is 234 g/mol. The van der Waals surface area contributed by atoms with E-state index in [1.807, 2.05) is 0 Å². The molecule has 4 saturated carbocycles. The average Bonchev–Trinajstić information content (AvgIpc) is 2.26. The molecule has 0 amide bonds. The van der Waals surface area contributed by atoms with Crippen molar-refractivity contribution in [2.75, 3.05) is 0 Å². The van der Waals surface area contributed by atoms with Gasteiger partial charge in [-0.2, -0.15) is 0 Å². The second kappa shape index (κ2) is 3.60. The molecule has 17 heavy (non-hydrogen) atoms. The van der Waals surface area contributed by atoms with Gasteiger partial charge < -0.3 is 5.11 Å². The summed E-state index contributed by atoms with van der Waals surface area (Å²) in [6, 6.07) is 0. The summed E-state index contributed by atoms with van der Waals surface area (Å²) in [7, 11) is 0. The molecule has 4 aliphatic carbocycles. The molecule has 4 rings (SSSR count). The zero-order chi connectivity index (χ0) is 12.2. The maximum atomic E-state index is 11.4. The van der Waals surface area contributed by atoms with Gasteiger partial charge in [-0.3, -0.25) is 0 Å². The Balaban J connectivity index is 2.00. The van der Waals surface area contributed by atoms with Crippen molar-refractivity contribution in [1.29, 1.82) is 0 Å². The molecule has 4 aliphatic rings. The highest BCUT2D eigenvalue weighted by atomic mass is 16.4. The first kappa shape index (κ1) is 11.3. The summed E-state index contributed by atoms with van der Waals surface area (Å²) >= 11 is 0. The fourth-order valence-electron chi connectivity index (χ4n) is 5.55. The van der Waals surface area contributed by atoms with Crippen LogP contribution in [0, 0.1) is 29.1 Å². The van der Waals surface area contributed by atoms with Crippen LogP contribution in [0.15, 0.2) is 12.2 Å². The topological polar surface area (TPSA) is 37.3 Å². The molecule has 0 aromatic rings. The summed E-state index contributed by atoms with van der Waals surface area (Å²) < 4.78 is 0. The number of rotatable bonds is 3. The van der Waals surface area contributed by atoms with Crippen molar-refractivity contribution >= 4 is 5.97 Å². The lowest BCUT2D eigenvalue weighted by Crippen LogP contribution is -2.54. The molecule has 0 aromatic carbocycles. The van der Waals surface area contributed by atoms with Gasteiger partial charge in [-0.15, -0.1) is 0 Å². The van der Waals surface area contributed by atoms with E-state index in [0.29, 0.717) is 11.5 Å². The molecule has 2 nitrogen and oxygen atoms in total. The third kappa shape index (κ3) is 1.42. The van der Waals surface area contributed by atoms with E-state index in [2.05, 4.69) is 13.5 Å². The second-order valence-electron chi connectivity index (χ2n) is 6.56. The van der Waals surface area contributed by atoms with Crippen LogP contribution in [-0.2, 0) is 4.79 Å². The monoisotopic (exact) mass is 234 g/mol. The molecular weight excluding hydrogens is 212 g/mol. The highest BCUT2D eigenvalue weighted by molar-refractivity contribution is 5.87. The van der Waals surface area contributed by atoms with Gasteiger partial charge in [0.1, 0.15) is 0 Å². The lowest BCUT2D eigenvalue weighted by atomic mass is 9.43. The Hall–Kier alpha value is -0.790. The van der Waals surface area contributed by atoms with Crippen LogP contribution in [0.4, 0.5) is 0 Å². The Morgan fingerprint density at radius 3 is 2.35 bits per heavy atom. The molecule has 0 aliphatic heterocycles. The zero-order valence-electron chi connectivity index (χ0n) is 10.6. The van der Waals surface area contributed by atoms with Gasteiger partial charge in [-0.05, 0) is 55.8 Å². The summed E-state index contributed by atoms with van der Waals surface area (Å²) in [5.74, 6) is 2.17. The third-order valence-electron chi connectivity index (χ3n) is 5.82. The molecule has 94 valence electrons. The SMILES string of the molecule is C=C(C(=O)O)C12C[C@@H]3CC(C[C@H](C3)C1)[C@@H]2CC. The number of carbonyl (C=O) groups is 1. The van der Waals surface area contributed by atoms with Crippen LogP contribution in [0.1, 0.15) is 45.4 Å². The molecule has 0 aromatic heterocycles. The molecule has 0 saturated heterocycles. The number of hydrogen-bond acceptors (Lipinski definition) is 1. The number of carboxylic acid groups (broad SMARTS) is 1. The number of aliphatic carboxylic acids is 1. The van der Waals surface area contributed by atoms with Crippen LogP contribution in [0.3, 0.4) is 0 Å². The van der Waals surface area contributed by atoms with Gasteiger partial charge in [0.25, 0.3) is 0 Å². The summed E-state index contributed by atoms with van der Waals surface area (Å²) in [4.78, 5) is 11.4. The largest absolute Gasteiger partial charge is 0.478 e. The van der Waals surface area contributed by atoms with Crippen LogP contribution < -0.4 is 0 Å². The summed E-state index contributed by atoms with van der Waals surface area (Å²) in [6.45, 7) is 6.17. The lowest BCUT2D eigenvalue weighted by Gasteiger charge is -2.61. The molecule has 3 atom stereocenters. The Morgan fingerprint density at radius 2 is 1.88 bits per heavy atom. The van der Waals surface area contributed by atoms with Crippen LogP contribution in [0.2, 0.25) is 0 Å². The van der Waals surface area contributed by atoms with Crippen LogP contribution in [-0.4, -0.2) is 11.1 Å². The third-order valence-corrected chi connectivity index (χ3v) is 5.82. The first-order valence-electron chi connectivity index (χ1n) is 6.99. The molecular formula is C15H22O2. The van der Waals surface area contributed by atoms with Gasteiger partial charge in [-0.1, -0.05) is 19.9 Å². The van der Waals surface area contributed by atoms with Crippen molar-refractivity contribution in [2.45, 2.75) is 45.4 Å². The fourth-order valence-corrected chi connectivity index (χ4v) is 5.55. The van der Waals surface area contributed by atoms with E-state index in [1.165, 1.54) is 19.3 Å². The normalized spacial score (nSPS) is 47.1. The van der Waals surface area contributed by atoms with Gasteiger partial charge in [0.15, 0.2) is 0 Å². The maximum absolute atomic E-state index is 11.4. The molecule has 0 heterocycles. The predicted octanol–water partition coefficient (Wildman–Crippen LogP) is 3.48. The minimum atomic E-state index is -0.759. The Bertz CT molecular complexity index is 357. The standard InChI is InChI=1S/C15H22O2/c1-3-13-12-5-10-4-11(6-12)8-15(13,7-10)9(2)14(16)17/h10-13H,2-8H2,1H3,(H,16,17)/t10-,11-,12?,13-,15?/m0/s1. The first-order chi connectivity index (χ1) is 8.06. The van der Waals surface area contributed by atoms with E-state index < -0.39 is 5.97 Å². The van der Waals surface area contributed by atoms with E-state index in [0.717, 1.165) is 37.0 Å². The van der Waals surface area contributed by atoms with E-state index in [-0.39, 0.29) is 5.41 Å². The lowest BCUT2D eigenvalue weighted by molar-refractivity contribution is -0.140. The molecule has 0 unspecified atom stereocenters. The van der Waals surface area contributed by atoms with Crippen molar-refractivity contribution < 1.29 is 9.90 Å². The highest BCUT2D eigenvalue weighted by Gasteiger charge is 2.58. The number of carboxylic acids is 1. The molecule has 4 fully saturated rings. The van der Waals surface area contributed by atoms with Crippen molar-refractivity contribution in [1.82, 2.24) is 0 Å². The smallest absolute Gasteiger partial charge is 0.331 e. The van der Waals surface area contributed by atoms with Gasteiger partial charge in [0, 0.05) is 11.0 Å². The Labute approximate surface area is 103 Å². The van der Waals surface area contributed by atoms with Crippen LogP contribution in [0.5, 0.6) is 0 Å². The van der Waals surface area contributed by atoms with Crippen LogP contribution >= 0.6 is 0 Å². The minimum Gasteiger partial charge on any atom is -0.478 e. The van der Waals surface area contributed by atoms with Gasteiger partial charge in [0.05, 0.1) is 0 Å². The van der Waals surface area contributed by atoms with Gasteiger partial charge >= 0.3 is 5.97 Å². The van der Waals surface area contributed by atoms with Crippen LogP contribution in [0.25, 0.3) is 0 Å². The van der Waals surface area contributed by atoms with Crippen molar-refractivity contribution in [2.24, 2.45) is 29.1 Å². The summed E-state index contributed by atoms with van der Waals surface area (Å²) in [6.07, 6.45) is 7.37. The van der Waals surface area contributed by atoms with E-state index >= 15 is 0 Å². The van der Waals surface area contributed by atoms with Crippen molar-refractivity contribution in [3.8, 4) is 0 Å². The van der Waals surface area contributed by atoms with Gasteiger partial charge in [-0.25, -0.2) is 4.79 Å². The first-order valence-corrected chi connectivity index (χ1v) is 6.99. The van der Waals surface area contributed by atoms with Crippen molar-refractivity contribution in [3.63, 3.8) is 0 Å². The van der Waals surface area contributed by atoms with Gasteiger partial charge in [0.2, 0.25) is 0 Å². The Kier molecular flexibility index (Phi) is 2.39. The zero-order valence-corrected chi connectivity index (χ0v) is 10.6. The second-order valence-corrected chi connectivity index (χ2v) is 6.56. The molecule has 0 radical (unpaired) electrons. The maximum Gasteiger partial charge on any atom is 0.331 e. The minimum absolute atomic E-state index is 0.0463. The fraction of sp³-hybridized carbons (Fsp3) is 0.800. The predicted molar refractivity (Wildman–Crippen MR) is 66.5 cm³/mol. The molecule has 0 spiro atoms. The summed E-state index contributed by atoms with van der Waals surface area (Å²) in [5, 5.41) is 9.36. The quantitative estimate of drug-likeness (QED) is 0.759. The van der Waals surface area contributed by atoms with E-state index in [4.69, 9.17) is 0 Å². The molecule has 4 bridgehead atoms. The highest BCUT2D eigenvalue weighted by Crippen LogP contribution is 2.65. The molecule has 1 N–H and O–H groups in total. The van der Waals surface area contributed by atoms with E-state index in [1.54, 1.807) is 0 Å². The Morgan fingerprint density at radius 1 is 1.29 bits per heavy atom. The summed E-state index contributed by atoms with van der Waals surface area (Å²) in [5.41, 5.74) is 0.471. The van der Waals surface area contributed by atoms with Crippen molar-refractivity contribution in [3.05, 3.63) is 12.2 Å². The molecule has 2 heteroatoms.